The molecule has 0 aliphatic heterocycles. The number of H-pyrrole nitrogens is 1. The van der Waals surface area contributed by atoms with Gasteiger partial charge in [0.2, 0.25) is 11.9 Å². The largest absolute Gasteiger partial charge is 0.324 e. The fourth-order valence-electron chi connectivity index (χ4n) is 2.53. The van der Waals surface area contributed by atoms with Crippen LogP contribution in [0, 0.1) is 0 Å². The molecule has 1 aliphatic rings. The molecule has 1 aromatic carbocycles. The number of aromatic amines is 1. The van der Waals surface area contributed by atoms with Gasteiger partial charge in [0.05, 0.1) is 5.69 Å². The van der Waals surface area contributed by atoms with Gasteiger partial charge in [0, 0.05) is 28.1 Å². The van der Waals surface area contributed by atoms with Gasteiger partial charge in [-0.2, -0.15) is 20.1 Å². The molecule has 0 saturated heterocycles. The molecule has 3 aromatic rings. The molecule has 7 nitrogen and oxygen atoms in total. The van der Waals surface area contributed by atoms with E-state index in [-0.39, 0.29) is 5.92 Å². The lowest BCUT2D eigenvalue weighted by atomic mass is 10.2. The molecule has 3 N–H and O–H groups in total. The normalized spacial score (nSPS) is 13.8. The summed E-state index contributed by atoms with van der Waals surface area (Å²) < 4.78 is 1.02. The summed E-state index contributed by atoms with van der Waals surface area (Å²) in [4.78, 5) is 13.5. The standard InChI is InChI=1S/C18H20BrN7/c1-10(2)16-22-17(20-13-7-5-12(19)6-8-13)24-18(23-16)21-15-9-14(25-26-15)11-3-4-11/h5-11H,3-4H2,1-2H3,(H3,20,21,22,23,24,25,26). The Morgan fingerprint density at radius 2 is 1.73 bits per heavy atom. The molecule has 4 rings (SSSR count). The zero-order chi connectivity index (χ0) is 18.1. The molecule has 8 heteroatoms. The molecule has 1 fully saturated rings. The number of halogens is 1. The predicted molar refractivity (Wildman–Crippen MR) is 105 cm³/mol. The monoisotopic (exact) mass is 413 g/mol. The molecule has 26 heavy (non-hydrogen) atoms. The van der Waals surface area contributed by atoms with Crippen LogP contribution in [0.2, 0.25) is 0 Å². The molecule has 1 saturated carbocycles. The average molecular weight is 414 g/mol. The predicted octanol–water partition coefficient (Wildman–Crippen LogP) is 4.85. The van der Waals surface area contributed by atoms with E-state index in [0.29, 0.717) is 17.8 Å². The van der Waals surface area contributed by atoms with Crippen LogP contribution in [-0.2, 0) is 0 Å². The van der Waals surface area contributed by atoms with Crippen LogP contribution in [0.5, 0.6) is 0 Å². The van der Waals surface area contributed by atoms with Gasteiger partial charge >= 0.3 is 0 Å². The van der Waals surface area contributed by atoms with Crippen molar-refractivity contribution in [2.24, 2.45) is 0 Å². The third-order valence-electron chi connectivity index (χ3n) is 4.11. The number of aromatic nitrogens is 5. The van der Waals surface area contributed by atoms with Crippen LogP contribution in [0.15, 0.2) is 34.8 Å². The van der Waals surface area contributed by atoms with Gasteiger partial charge in [-0.1, -0.05) is 29.8 Å². The number of nitrogens with one attached hydrogen (secondary N) is 3. The zero-order valence-corrected chi connectivity index (χ0v) is 16.2. The van der Waals surface area contributed by atoms with Crippen LogP contribution in [0.4, 0.5) is 23.4 Å². The first-order valence-electron chi connectivity index (χ1n) is 8.68. The van der Waals surface area contributed by atoms with Gasteiger partial charge in [-0.25, -0.2) is 0 Å². The maximum atomic E-state index is 4.53. The maximum Gasteiger partial charge on any atom is 0.233 e. The highest BCUT2D eigenvalue weighted by atomic mass is 79.9. The summed E-state index contributed by atoms with van der Waals surface area (Å²) in [6.07, 6.45) is 2.43. The summed E-state index contributed by atoms with van der Waals surface area (Å²) in [5.74, 6) is 3.31. The Kier molecular flexibility index (Phi) is 4.58. The Bertz CT molecular complexity index is 900. The molecule has 1 aliphatic carbocycles. The first-order valence-corrected chi connectivity index (χ1v) is 9.47. The summed E-state index contributed by atoms with van der Waals surface area (Å²) >= 11 is 3.44. The van der Waals surface area contributed by atoms with E-state index in [1.807, 2.05) is 30.3 Å². The minimum absolute atomic E-state index is 0.188. The Morgan fingerprint density at radius 3 is 2.38 bits per heavy atom. The summed E-state index contributed by atoms with van der Waals surface area (Å²) in [6, 6.07) is 9.89. The van der Waals surface area contributed by atoms with E-state index in [0.717, 1.165) is 27.5 Å². The van der Waals surface area contributed by atoms with Crippen LogP contribution >= 0.6 is 15.9 Å². The Morgan fingerprint density at radius 1 is 1.04 bits per heavy atom. The minimum Gasteiger partial charge on any atom is -0.324 e. The number of anilines is 4. The van der Waals surface area contributed by atoms with Crippen LogP contribution in [-0.4, -0.2) is 25.1 Å². The Balaban J connectivity index is 1.58. The van der Waals surface area contributed by atoms with Crippen molar-refractivity contribution in [1.29, 1.82) is 0 Å². The second-order valence-electron chi connectivity index (χ2n) is 6.73. The molecule has 134 valence electrons. The SMILES string of the molecule is CC(C)c1nc(Nc2ccc(Br)cc2)nc(Nc2cc(C3CC3)n[nH]2)n1. The molecular weight excluding hydrogens is 394 g/mol. The van der Waals surface area contributed by atoms with Crippen molar-refractivity contribution >= 4 is 39.3 Å². The van der Waals surface area contributed by atoms with E-state index in [1.54, 1.807) is 0 Å². The van der Waals surface area contributed by atoms with Gasteiger partial charge in [-0.3, -0.25) is 5.10 Å². The molecule has 0 spiro atoms. The molecule has 0 atom stereocenters. The second-order valence-corrected chi connectivity index (χ2v) is 7.65. The highest BCUT2D eigenvalue weighted by Gasteiger charge is 2.26. The van der Waals surface area contributed by atoms with E-state index in [4.69, 9.17) is 0 Å². The van der Waals surface area contributed by atoms with Crippen LogP contribution in [0.3, 0.4) is 0 Å². The number of benzene rings is 1. The van der Waals surface area contributed by atoms with E-state index >= 15 is 0 Å². The second kappa shape index (κ2) is 7.03. The smallest absolute Gasteiger partial charge is 0.233 e. The minimum atomic E-state index is 0.188. The van der Waals surface area contributed by atoms with Gasteiger partial charge in [0.1, 0.15) is 11.6 Å². The molecule has 0 unspecified atom stereocenters. The number of hydrogen-bond donors (Lipinski definition) is 3. The van der Waals surface area contributed by atoms with Gasteiger partial charge in [-0.05, 0) is 37.1 Å². The lowest BCUT2D eigenvalue weighted by Gasteiger charge is -2.11. The van der Waals surface area contributed by atoms with Crippen molar-refractivity contribution in [1.82, 2.24) is 25.1 Å². The summed E-state index contributed by atoms with van der Waals surface area (Å²) in [5.41, 5.74) is 2.01. The van der Waals surface area contributed by atoms with Gasteiger partial charge in [0.15, 0.2) is 0 Å². The third-order valence-corrected chi connectivity index (χ3v) is 4.64. The van der Waals surface area contributed by atoms with Crippen molar-refractivity contribution in [3.05, 3.63) is 46.3 Å². The van der Waals surface area contributed by atoms with E-state index in [9.17, 15) is 0 Å². The van der Waals surface area contributed by atoms with Gasteiger partial charge < -0.3 is 10.6 Å². The van der Waals surface area contributed by atoms with Gasteiger partial charge in [-0.15, -0.1) is 0 Å². The molecule has 0 radical (unpaired) electrons. The van der Waals surface area contributed by atoms with E-state index in [1.165, 1.54) is 12.8 Å². The fraction of sp³-hybridized carbons (Fsp3) is 0.333. The average Bonchev–Trinajstić information content (AvgIpc) is 3.37. The van der Waals surface area contributed by atoms with E-state index < -0.39 is 0 Å². The highest BCUT2D eigenvalue weighted by molar-refractivity contribution is 9.10. The lowest BCUT2D eigenvalue weighted by molar-refractivity contribution is 0.766. The molecule has 2 aromatic heterocycles. The number of rotatable bonds is 6. The number of nitrogens with zero attached hydrogens (tertiary/aromatic N) is 4. The lowest BCUT2D eigenvalue weighted by Crippen LogP contribution is -2.08. The van der Waals surface area contributed by atoms with Crippen molar-refractivity contribution in [2.75, 3.05) is 10.6 Å². The van der Waals surface area contributed by atoms with E-state index in [2.05, 4.69) is 65.6 Å². The Hall–Kier alpha value is -2.48. The third kappa shape index (κ3) is 4.01. The molecule has 2 heterocycles. The summed E-state index contributed by atoms with van der Waals surface area (Å²) in [5, 5.41) is 13.8. The van der Waals surface area contributed by atoms with Crippen molar-refractivity contribution in [3.63, 3.8) is 0 Å². The Labute approximate surface area is 160 Å². The molecule has 0 amide bonds. The topological polar surface area (TPSA) is 91.4 Å². The first kappa shape index (κ1) is 17.0. The molecule has 0 bridgehead atoms. The van der Waals surface area contributed by atoms with Crippen molar-refractivity contribution in [3.8, 4) is 0 Å². The van der Waals surface area contributed by atoms with Crippen molar-refractivity contribution in [2.45, 2.75) is 38.5 Å². The van der Waals surface area contributed by atoms with Gasteiger partial charge in [0.25, 0.3) is 0 Å². The summed E-state index contributed by atoms with van der Waals surface area (Å²) in [6.45, 7) is 4.12. The van der Waals surface area contributed by atoms with Crippen LogP contribution in [0.1, 0.15) is 50.0 Å². The van der Waals surface area contributed by atoms with Crippen LogP contribution < -0.4 is 10.6 Å². The summed E-state index contributed by atoms with van der Waals surface area (Å²) in [7, 11) is 0. The highest BCUT2D eigenvalue weighted by Crippen LogP contribution is 2.39. The maximum absolute atomic E-state index is 4.53. The molecular formula is C18H20BrN7. The van der Waals surface area contributed by atoms with Crippen LogP contribution in [0.25, 0.3) is 0 Å². The number of hydrogen-bond acceptors (Lipinski definition) is 6. The first-order chi connectivity index (χ1) is 12.6. The van der Waals surface area contributed by atoms with Crippen molar-refractivity contribution < 1.29 is 0 Å². The quantitative estimate of drug-likeness (QED) is 0.535. The zero-order valence-electron chi connectivity index (χ0n) is 14.6. The fourth-order valence-corrected chi connectivity index (χ4v) is 2.80.